The molecule has 0 aliphatic carbocycles. The Labute approximate surface area is 161 Å². The highest BCUT2D eigenvalue weighted by Gasteiger charge is 2.49. The van der Waals surface area contributed by atoms with Crippen molar-refractivity contribution in [3.63, 3.8) is 0 Å². The molecule has 148 valence electrons. The lowest BCUT2D eigenvalue weighted by atomic mass is 9.85. The van der Waals surface area contributed by atoms with Crippen molar-refractivity contribution in [2.75, 3.05) is 52.4 Å². The normalized spacial score (nSPS) is 42.7. The van der Waals surface area contributed by atoms with E-state index in [1.165, 1.54) is 45.6 Å². The van der Waals surface area contributed by atoms with Gasteiger partial charge in [-0.15, -0.1) is 10.2 Å². The van der Waals surface area contributed by atoms with Gasteiger partial charge in [-0.3, -0.25) is 9.80 Å². The molecule has 6 heterocycles. The van der Waals surface area contributed by atoms with Crippen molar-refractivity contribution >= 4 is 0 Å². The predicted molar refractivity (Wildman–Crippen MR) is 102 cm³/mol. The number of fused-ring (bicyclic) bond motifs is 3. The van der Waals surface area contributed by atoms with E-state index in [4.69, 9.17) is 0 Å². The fraction of sp³-hybridized carbons (Fsp3) is 0.895. The molecule has 6 rings (SSSR count). The number of hydrogen-bond acceptors (Lipinski definition) is 7. The van der Waals surface area contributed by atoms with Gasteiger partial charge in [0.25, 0.3) is 0 Å². The van der Waals surface area contributed by atoms with Gasteiger partial charge >= 0.3 is 0 Å². The molecule has 0 spiro atoms. The third kappa shape index (κ3) is 2.68. The lowest BCUT2D eigenvalue weighted by Gasteiger charge is -2.46. The third-order valence-electron chi connectivity index (χ3n) is 8.05. The Kier molecular flexibility index (Phi) is 4.23. The Balaban J connectivity index is 1.23. The van der Waals surface area contributed by atoms with E-state index in [-0.39, 0.29) is 0 Å². The largest absolute Gasteiger partial charge is 0.314 e. The van der Waals surface area contributed by atoms with Gasteiger partial charge in [-0.1, -0.05) is 0 Å². The number of piperazine rings is 2. The number of nitrogens with zero attached hydrogens (tertiary/aromatic N) is 5. The van der Waals surface area contributed by atoms with Gasteiger partial charge in [0.2, 0.25) is 0 Å². The minimum absolute atomic E-state index is 0.496. The van der Waals surface area contributed by atoms with Crippen LogP contribution in [0.4, 0.5) is 0 Å². The minimum Gasteiger partial charge on any atom is -0.314 e. The third-order valence-corrected chi connectivity index (χ3v) is 8.05. The smallest absolute Gasteiger partial charge is 0.147 e. The number of aromatic nitrogens is 3. The lowest BCUT2D eigenvalue weighted by Crippen LogP contribution is -2.62. The SMILES string of the molecule is c1nnc2n1C(C1CCN3C(C4CCN5CCNCC45)CNCC13)CNC2. The van der Waals surface area contributed by atoms with Crippen molar-refractivity contribution < 1.29 is 0 Å². The summed E-state index contributed by atoms with van der Waals surface area (Å²) in [5.74, 6) is 2.59. The maximum Gasteiger partial charge on any atom is 0.147 e. The molecule has 8 heteroatoms. The zero-order chi connectivity index (χ0) is 17.8. The van der Waals surface area contributed by atoms with Crippen LogP contribution >= 0.6 is 0 Å². The van der Waals surface area contributed by atoms with Gasteiger partial charge in [0.15, 0.2) is 0 Å². The van der Waals surface area contributed by atoms with Crippen LogP contribution in [0.15, 0.2) is 6.33 Å². The van der Waals surface area contributed by atoms with Crippen LogP contribution < -0.4 is 16.0 Å². The van der Waals surface area contributed by atoms with Crippen LogP contribution in [0.1, 0.15) is 24.7 Å². The maximum absolute atomic E-state index is 4.31. The second-order valence-electron chi connectivity index (χ2n) is 9.10. The topological polar surface area (TPSA) is 73.3 Å². The quantitative estimate of drug-likeness (QED) is 0.607. The van der Waals surface area contributed by atoms with Crippen LogP contribution in [0.2, 0.25) is 0 Å². The molecule has 5 aliphatic heterocycles. The zero-order valence-electron chi connectivity index (χ0n) is 16.1. The van der Waals surface area contributed by atoms with Crippen LogP contribution in [0, 0.1) is 11.8 Å². The van der Waals surface area contributed by atoms with Crippen molar-refractivity contribution in [1.29, 1.82) is 0 Å². The van der Waals surface area contributed by atoms with E-state index in [9.17, 15) is 0 Å². The van der Waals surface area contributed by atoms with Crippen molar-refractivity contribution in [2.45, 2.75) is 43.6 Å². The average molecular weight is 373 g/mol. The standard InChI is InChI=1S/C19H32N8/c1-4-25-6-3-20-7-15(25)13(1)16-8-21-9-17-14(2-5-26(16)17)18-10-22-11-19-24-23-12-27(18)19/h12-18,20-22H,1-11H2. The molecule has 0 aromatic carbocycles. The van der Waals surface area contributed by atoms with Gasteiger partial charge in [-0.25, -0.2) is 0 Å². The van der Waals surface area contributed by atoms with Crippen LogP contribution in [-0.2, 0) is 6.54 Å². The van der Waals surface area contributed by atoms with E-state index in [0.29, 0.717) is 24.0 Å². The summed E-state index contributed by atoms with van der Waals surface area (Å²) in [5, 5.41) is 19.5. The second kappa shape index (κ2) is 6.77. The number of nitrogens with one attached hydrogen (secondary N) is 3. The van der Waals surface area contributed by atoms with Crippen LogP contribution in [0.3, 0.4) is 0 Å². The Morgan fingerprint density at radius 3 is 2.52 bits per heavy atom. The van der Waals surface area contributed by atoms with Gasteiger partial charge < -0.3 is 20.5 Å². The Morgan fingerprint density at radius 1 is 0.815 bits per heavy atom. The molecule has 6 atom stereocenters. The number of hydrogen-bond donors (Lipinski definition) is 3. The molecule has 1 aromatic rings. The van der Waals surface area contributed by atoms with E-state index in [0.717, 1.165) is 44.0 Å². The highest BCUT2D eigenvalue weighted by molar-refractivity contribution is 5.07. The predicted octanol–water partition coefficient (Wildman–Crippen LogP) is -1.12. The van der Waals surface area contributed by atoms with Crippen molar-refractivity contribution in [3.05, 3.63) is 12.2 Å². The first kappa shape index (κ1) is 16.9. The monoisotopic (exact) mass is 372 g/mol. The van der Waals surface area contributed by atoms with E-state index >= 15 is 0 Å². The first-order valence-corrected chi connectivity index (χ1v) is 10.9. The maximum atomic E-state index is 4.31. The summed E-state index contributed by atoms with van der Waals surface area (Å²) in [4.78, 5) is 5.63. The van der Waals surface area contributed by atoms with Crippen LogP contribution in [0.25, 0.3) is 0 Å². The highest BCUT2D eigenvalue weighted by Crippen LogP contribution is 2.40. The molecule has 0 saturated carbocycles. The Bertz CT molecular complexity index is 676. The molecular formula is C19H32N8. The Morgan fingerprint density at radius 2 is 1.59 bits per heavy atom. The van der Waals surface area contributed by atoms with Gasteiger partial charge in [0.05, 0.1) is 12.6 Å². The summed E-state index contributed by atoms with van der Waals surface area (Å²) in [6.45, 7) is 10.3. The van der Waals surface area contributed by atoms with Gasteiger partial charge in [-0.2, -0.15) is 0 Å². The van der Waals surface area contributed by atoms with Gasteiger partial charge in [0, 0.05) is 57.4 Å². The fourth-order valence-electron chi connectivity index (χ4n) is 6.81. The van der Waals surface area contributed by atoms with Crippen molar-refractivity contribution in [1.82, 2.24) is 40.5 Å². The van der Waals surface area contributed by atoms with E-state index in [2.05, 4.69) is 40.5 Å². The Hall–Kier alpha value is -1.06. The summed E-state index contributed by atoms with van der Waals surface area (Å²) < 4.78 is 2.36. The van der Waals surface area contributed by atoms with Crippen molar-refractivity contribution in [3.8, 4) is 0 Å². The van der Waals surface area contributed by atoms with Crippen molar-refractivity contribution in [2.24, 2.45) is 11.8 Å². The molecule has 6 unspecified atom stereocenters. The van der Waals surface area contributed by atoms with E-state index < -0.39 is 0 Å². The van der Waals surface area contributed by atoms with E-state index in [1.807, 2.05) is 6.33 Å². The van der Waals surface area contributed by atoms with E-state index in [1.54, 1.807) is 0 Å². The molecule has 4 saturated heterocycles. The molecule has 3 N–H and O–H groups in total. The first-order valence-electron chi connectivity index (χ1n) is 10.9. The van der Waals surface area contributed by atoms with Gasteiger partial charge in [0.1, 0.15) is 12.2 Å². The highest BCUT2D eigenvalue weighted by atomic mass is 15.3. The summed E-state index contributed by atoms with van der Waals surface area (Å²) in [5.41, 5.74) is 0. The molecule has 0 bridgehead atoms. The minimum atomic E-state index is 0.496. The molecule has 8 nitrogen and oxygen atoms in total. The molecule has 0 amide bonds. The second-order valence-corrected chi connectivity index (χ2v) is 9.10. The fourth-order valence-corrected chi connectivity index (χ4v) is 6.81. The van der Waals surface area contributed by atoms with Gasteiger partial charge in [-0.05, 0) is 37.8 Å². The molecular weight excluding hydrogens is 340 g/mol. The molecule has 4 fully saturated rings. The number of rotatable bonds is 2. The summed E-state index contributed by atoms with van der Waals surface area (Å²) in [6, 6.07) is 2.58. The molecule has 5 aliphatic rings. The summed E-state index contributed by atoms with van der Waals surface area (Å²) in [7, 11) is 0. The summed E-state index contributed by atoms with van der Waals surface area (Å²) >= 11 is 0. The lowest BCUT2D eigenvalue weighted by molar-refractivity contribution is 0.0500. The first-order chi connectivity index (χ1) is 13.4. The van der Waals surface area contributed by atoms with Crippen LogP contribution in [0.5, 0.6) is 0 Å². The molecule has 27 heavy (non-hydrogen) atoms. The molecule has 1 aromatic heterocycles. The average Bonchev–Trinajstić information content (AvgIpc) is 3.44. The summed E-state index contributed by atoms with van der Waals surface area (Å²) in [6.07, 6.45) is 4.62. The van der Waals surface area contributed by atoms with Crippen LogP contribution in [-0.4, -0.2) is 95.0 Å². The molecule has 0 radical (unpaired) electrons. The zero-order valence-corrected chi connectivity index (χ0v) is 16.1.